The van der Waals surface area contributed by atoms with E-state index in [1.165, 1.54) is 12.8 Å². The Kier molecular flexibility index (Phi) is 5.11. The lowest BCUT2D eigenvalue weighted by Crippen LogP contribution is -2.38. The normalized spacial score (nSPS) is 28.3. The Morgan fingerprint density at radius 1 is 1.33 bits per heavy atom. The van der Waals surface area contributed by atoms with Crippen LogP contribution in [-0.2, 0) is 11.3 Å². The minimum Gasteiger partial charge on any atom is -0.369 e. The number of benzene rings is 1. The number of halogens is 2. The van der Waals surface area contributed by atoms with Gasteiger partial charge in [-0.25, -0.2) is 0 Å². The molecule has 0 atom stereocenters. The Morgan fingerprint density at radius 3 is 2.61 bits per heavy atom. The molecule has 100 valence electrons. The van der Waals surface area contributed by atoms with Gasteiger partial charge in [-0.1, -0.05) is 52.7 Å². The molecule has 1 nitrogen and oxygen atoms in total. The van der Waals surface area contributed by atoms with Crippen LogP contribution in [0.15, 0.2) is 24.3 Å². The van der Waals surface area contributed by atoms with Crippen LogP contribution < -0.4 is 0 Å². The first-order chi connectivity index (χ1) is 8.65. The van der Waals surface area contributed by atoms with Crippen LogP contribution in [0.3, 0.4) is 0 Å². The molecule has 1 fully saturated rings. The van der Waals surface area contributed by atoms with Crippen LogP contribution in [0, 0.1) is 5.92 Å². The van der Waals surface area contributed by atoms with Crippen molar-refractivity contribution in [3.8, 4) is 0 Å². The molecule has 1 aliphatic rings. The average molecular weight is 332 g/mol. The molecule has 0 unspecified atom stereocenters. The van der Waals surface area contributed by atoms with Crippen molar-refractivity contribution in [2.45, 2.75) is 44.8 Å². The van der Waals surface area contributed by atoms with Gasteiger partial charge in [0.25, 0.3) is 0 Å². The lowest BCUT2D eigenvalue weighted by molar-refractivity contribution is -0.0687. The fourth-order valence-electron chi connectivity index (χ4n) is 2.45. The van der Waals surface area contributed by atoms with E-state index in [0.717, 1.165) is 34.7 Å². The van der Waals surface area contributed by atoms with Gasteiger partial charge in [0, 0.05) is 10.4 Å². The average Bonchev–Trinajstić information content (AvgIpc) is 2.40. The minimum atomic E-state index is 0.00564. The summed E-state index contributed by atoms with van der Waals surface area (Å²) < 4.78 is 6.20. The summed E-state index contributed by atoms with van der Waals surface area (Å²) in [6, 6.07) is 7.92. The van der Waals surface area contributed by atoms with Gasteiger partial charge in [0.15, 0.2) is 0 Å². The van der Waals surface area contributed by atoms with Gasteiger partial charge in [-0.3, -0.25) is 0 Å². The maximum atomic E-state index is 6.20. The fraction of sp³-hybridized carbons (Fsp3) is 0.600. The van der Waals surface area contributed by atoms with E-state index in [1.54, 1.807) is 0 Å². The van der Waals surface area contributed by atoms with Gasteiger partial charge in [-0.2, -0.15) is 0 Å². The summed E-state index contributed by atoms with van der Waals surface area (Å²) in [7, 11) is 0. The molecule has 1 aromatic carbocycles. The van der Waals surface area contributed by atoms with E-state index in [2.05, 4.69) is 22.9 Å². The van der Waals surface area contributed by atoms with Crippen LogP contribution >= 0.6 is 27.5 Å². The van der Waals surface area contributed by atoms with Gasteiger partial charge in [-0.15, -0.1) is 0 Å². The highest BCUT2D eigenvalue weighted by molar-refractivity contribution is 9.09. The maximum Gasteiger partial charge on any atom is 0.0783 e. The molecule has 0 aliphatic heterocycles. The lowest BCUT2D eigenvalue weighted by atomic mass is 9.80. The van der Waals surface area contributed by atoms with Gasteiger partial charge in [-0.05, 0) is 43.2 Å². The van der Waals surface area contributed by atoms with E-state index in [1.807, 2.05) is 24.3 Å². The largest absolute Gasteiger partial charge is 0.369 e. The van der Waals surface area contributed by atoms with Gasteiger partial charge in [0.2, 0.25) is 0 Å². The van der Waals surface area contributed by atoms with Crippen LogP contribution in [0.4, 0.5) is 0 Å². The fourth-order valence-corrected chi connectivity index (χ4v) is 3.36. The van der Waals surface area contributed by atoms with Crippen LogP contribution in [0.5, 0.6) is 0 Å². The Labute approximate surface area is 123 Å². The number of ether oxygens (including phenoxy) is 1. The predicted octanol–water partition coefficient (Wildman–Crippen LogP) is 5.20. The zero-order valence-corrected chi connectivity index (χ0v) is 13.1. The third-order valence-corrected chi connectivity index (χ3v) is 5.31. The molecule has 0 radical (unpaired) electrons. The predicted molar refractivity (Wildman–Crippen MR) is 80.4 cm³/mol. The maximum absolute atomic E-state index is 6.20. The summed E-state index contributed by atoms with van der Waals surface area (Å²) in [5, 5.41) is 1.71. The van der Waals surface area contributed by atoms with E-state index in [9.17, 15) is 0 Å². The molecule has 0 spiro atoms. The highest BCUT2D eigenvalue weighted by atomic mass is 79.9. The molecule has 1 saturated carbocycles. The first kappa shape index (κ1) is 14.4. The second-order valence-electron chi connectivity index (χ2n) is 5.38. The van der Waals surface area contributed by atoms with Crippen molar-refractivity contribution < 1.29 is 4.74 Å². The van der Waals surface area contributed by atoms with E-state index in [0.29, 0.717) is 6.61 Å². The molecule has 1 aromatic rings. The van der Waals surface area contributed by atoms with Crippen molar-refractivity contribution in [1.82, 2.24) is 0 Å². The SMILES string of the molecule is CC1CCC(CBr)(OCc2ccccc2Cl)CC1. The molecule has 18 heavy (non-hydrogen) atoms. The quantitative estimate of drug-likeness (QED) is 0.689. The van der Waals surface area contributed by atoms with Gasteiger partial charge in [0.1, 0.15) is 0 Å². The van der Waals surface area contributed by atoms with Crippen LogP contribution in [0.1, 0.15) is 38.2 Å². The van der Waals surface area contributed by atoms with E-state index in [4.69, 9.17) is 16.3 Å². The second-order valence-corrected chi connectivity index (χ2v) is 6.35. The highest BCUT2D eigenvalue weighted by Crippen LogP contribution is 2.37. The van der Waals surface area contributed by atoms with Crippen molar-refractivity contribution in [1.29, 1.82) is 0 Å². The topological polar surface area (TPSA) is 9.23 Å². The van der Waals surface area contributed by atoms with Crippen molar-refractivity contribution in [3.05, 3.63) is 34.9 Å². The van der Waals surface area contributed by atoms with Crippen molar-refractivity contribution in [2.24, 2.45) is 5.92 Å². The Morgan fingerprint density at radius 2 is 2.00 bits per heavy atom. The third kappa shape index (κ3) is 3.49. The number of alkyl halides is 1. The van der Waals surface area contributed by atoms with E-state index < -0.39 is 0 Å². The van der Waals surface area contributed by atoms with Gasteiger partial charge in [0.05, 0.1) is 12.2 Å². The molecule has 0 saturated heterocycles. The van der Waals surface area contributed by atoms with Crippen molar-refractivity contribution >= 4 is 27.5 Å². The number of hydrogen-bond donors (Lipinski definition) is 0. The van der Waals surface area contributed by atoms with Crippen molar-refractivity contribution in [3.63, 3.8) is 0 Å². The Hall–Kier alpha value is -0.0500. The lowest BCUT2D eigenvalue weighted by Gasteiger charge is -2.38. The summed E-state index contributed by atoms with van der Waals surface area (Å²) in [6.45, 7) is 2.94. The second kappa shape index (κ2) is 6.40. The summed E-state index contributed by atoms with van der Waals surface area (Å²) in [4.78, 5) is 0. The molecule has 3 heteroatoms. The zero-order valence-electron chi connectivity index (χ0n) is 10.8. The van der Waals surface area contributed by atoms with Gasteiger partial charge >= 0.3 is 0 Å². The van der Waals surface area contributed by atoms with Crippen LogP contribution in [-0.4, -0.2) is 10.9 Å². The molecular weight excluding hydrogens is 312 g/mol. The summed E-state index contributed by atoms with van der Waals surface area (Å²) in [5.41, 5.74) is 1.09. The smallest absolute Gasteiger partial charge is 0.0783 e. The third-order valence-electron chi connectivity index (χ3n) is 3.92. The van der Waals surface area contributed by atoms with Crippen LogP contribution in [0.2, 0.25) is 5.02 Å². The van der Waals surface area contributed by atoms with Gasteiger partial charge < -0.3 is 4.74 Å². The van der Waals surface area contributed by atoms with E-state index in [-0.39, 0.29) is 5.60 Å². The molecule has 2 rings (SSSR count). The minimum absolute atomic E-state index is 0.00564. The first-order valence-corrected chi connectivity index (χ1v) is 8.08. The highest BCUT2D eigenvalue weighted by Gasteiger charge is 2.34. The van der Waals surface area contributed by atoms with E-state index >= 15 is 0 Å². The molecule has 0 amide bonds. The number of hydrogen-bond acceptors (Lipinski definition) is 1. The zero-order chi connectivity index (χ0) is 13.0. The Bertz CT molecular complexity index is 386. The molecule has 0 heterocycles. The standard InChI is InChI=1S/C15H20BrClO/c1-12-6-8-15(11-16,9-7-12)18-10-13-4-2-3-5-14(13)17/h2-5,12H,6-11H2,1H3. The summed E-state index contributed by atoms with van der Waals surface area (Å²) in [6.07, 6.45) is 4.80. The summed E-state index contributed by atoms with van der Waals surface area (Å²) in [5.74, 6) is 0.834. The molecule has 0 aromatic heterocycles. The van der Waals surface area contributed by atoms with Crippen LogP contribution in [0.25, 0.3) is 0 Å². The molecule has 1 aliphatic carbocycles. The molecule has 0 bridgehead atoms. The van der Waals surface area contributed by atoms with Crippen molar-refractivity contribution in [2.75, 3.05) is 5.33 Å². The summed E-state index contributed by atoms with van der Waals surface area (Å²) >= 11 is 9.78. The number of rotatable bonds is 4. The first-order valence-electron chi connectivity index (χ1n) is 6.58. The monoisotopic (exact) mass is 330 g/mol. The molecular formula is C15H20BrClO. The molecule has 0 N–H and O–H groups in total. The Balaban J connectivity index is 1.97.